The second-order valence-electron chi connectivity index (χ2n) is 8.47. The Labute approximate surface area is 233 Å². The number of hydrogen-bond acceptors (Lipinski definition) is 6. The lowest BCUT2D eigenvalue weighted by Crippen LogP contribution is -2.63. The summed E-state index contributed by atoms with van der Waals surface area (Å²) in [5.74, 6) is -29.3. The maximum atomic E-state index is 13.6. The Bertz CT molecular complexity index is 1150. The minimum atomic E-state index is -7.67. The molecule has 2 unspecified atom stereocenters. The van der Waals surface area contributed by atoms with Crippen LogP contribution in [0.1, 0.15) is 11.1 Å². The highest BCUT2D eigenvalue weighted by Gasteiger charge is 2.85. The minimum Gasteiger partial charge on any atom is -0.774 e. The molecule has 44 heavy (non-hydrogen) atoms. The maximum Gasteiger partial charge on any atom is 0.426 e. The van der Waals surface area contributed by atoms with Crippen LogP contribution >= 0.6 is 15.2 Å². The van der Waals surface area contributed by atoms with Crippen LogP contribution in [0.3, 0.4) is 0 Å². The zero-order valence-corrected chi connectivity index (χ0v) is 22.2. The van der Waals surface area contributed by atoms with Crippen LogP contribution in [0.4, 0.5) is 70.2 Å². The van der Waals surface area contributed by atoms with E-state index in [0.717, 1.165) is 24.3 Å². The average molecular weight is 724 g/mol. The minimum absolute atomic E-state index is 0.255. The van der Waals surface area contributed by atoms with Gasteiger partial charge in [0.1, 0.15) is 0 Å². The van der Waals surface area contributed by atoms with Gasteiger partial charge in [-0.05, 0) is 24.0 Å². The molecule has 2 atom stereocenters. The first kappa shape index (κ1) is 40.3. The molecule has 0 saturated carbocycles. The zero-order chi connectivity index (χ0) is 35.2. The zero-order valence-electron chi connectivity index (χ0n) is 20.4. The van der Waals surface area contributed by atoms with E-state index in [-0.39, 0.29) is 11.1 Å². The van der Waals surface area contributed by atoms with E-state index in [9.17, 15) is 89.2 Å². The van der Waals surface area contributed by atoms with Gasteiger partial charge < -0.3 is 38.2 Å². The van der Waals surface area contributed by atoms with Gasteiger partial charge in [-0.25, -0.2) is 0 Å². The van der Waals surface area contributed by atoms with Crippen molar-refractivity contribution < 1.29 is 108 Å². The summed E-state index contributed by atoms with van der Waals surface area (Å²) in [6.07, 6.45) is -14.8. The van der Waals surface area contributed by atoms with Crippen LogP contribution in [-0.2, 0) is 31.4 Å². The summed E-state index contributed by atoms with van der Waals surface area (Å²) < 4.78 is 241. The van der Waals surface area contributed by atoms with Crippen LogP contribution in [0.15, 0.2) is 24.3 Å². The third kappa shape index (κ3) is 7.01. The van der Waals surface area contributed by atoms with Gasteiger partial charge in [0.15, 0.2) is 0 Å². The molecule has 2 N–H and O–H groups in total. The third-order valence-electron chi connectivity index (χ3n) is 5.36. The lowest BCUT2D eigenvalue weighted by atomic mass is 10.1. The molecule has 1 rings (SSSR count). The van der Waals surface area contributed by atoms with E-state index >= 15 is 0 Å². The molecule has 26 heteroatoms. The molecule has 0 aliphatic heterocycles. The first-order valence-electron chi connectivity index (χ1n) is 10.6. The maximum absolute atomic E-state index is 13.6. The molecule has 0 aromatic heterocycles. The molecule has 0 amide bonds. The van der Waals surface area contributed by atoms with E-state index in [1.807, 2.05) is 0 Å². The summed E-state index contributed by atoms with van der Waals surface area (Å²) in [5.41, 5.74) is -14.7. The number of halogens is 16. The Morgan fingerprint density at radius 3 is 0.955 bits per heavy atom. The van der Waals surface area contributed by atoms with E-state index in [2.05, 4.69) is 9.47 Å². The van der Waals surface area contributed by atoms with Crippen LogP contribution in [0, 0.1) is 0 Å². The van der Waals surface area contributed by atoms with Crippen molar-refractivity contribution in [1.29, 1.82) is 0 Å². The normalized spacial score (nSPS) is 17.7. The first-order chi connectivity index (χ1) is 19.2. The summed E-state index contributed by atoms with van der Waals surface area (Å²) in [6, 6.07) is 3.24. The monoisotopic (exact) mass is 724 g/mol. The smallest absolute Gasteiger partial charge is 0.426 e. The van der Waals surface area contributed by atoms with E-state index in [1.165, 1.54) is 0 Å². The van der Waals surface area contributed by atoms with E-state index in [4.69, 9.17) is 9.79 Å². The summed E-state index contributed by atoms with van der Waals surface area (Å²) in [4.78, 5) is 36.8. The fraction of sp³-hybridized carbons (Fsp3) is 0.667. The molecule has 8 nitrogen and oxygen atoms in total. The van der Waals surface area contributed by atoms with Crippen molar-refractivity contribution in [2.75, 3.05) is 13.2 Å². The van der Waals surface area contributed by atoms with Crippen LogP contribution in [-0.4, -0.2) is 70.2 Å². The second-order valence-corrected chi connectivity index (χ2v) is 11.7. The molecular weight excluding hydrogens is 710 g/mol. The molecule has 1 aromatic rings. The highest BCUT2D eigenvalue weighted by molar-refractivity contribution is 7.52. The number of ether oxygens (including phenoxy) is 2. The van der Waals surface area contributed by atoms with Gasteiger partial charge in [0, 0.05) is 0 Å². The summed E-state index contributed by atoms with van der Waals surface area (Å²) in [6.45, 7) is -3.35. The largest absolute Gasteiger partial charge is 0.774 e. The van der Waals surface area contributed by atoms with E-state index < -0.39 is 88.5 Å². The standard InChI is InChI=1S/C18H16F16O8P2/c19-11(20,13(23,24)17(31,32)43(35,36)37)15(27,28)41-7-5-9-1-2-10(4-3-9)6-8-42-16(29,30)12(21,22)14(25,26)18(33,34)44(38,39)40/h1-4H,5-8H2,(H2,35,36,37)(H2,38,39,40)/p-2. The number of benzene rings is 1. The fourth-order valence-electron chi connectivity index (χ4n) is 2.75. The molecule has 0 heterocycles. The fourth-order valence-corrected chi connectivity index (χ4v) is 3.74. The quantitative estimate of drug-likeness (QED) is 0.183. The van der Waals surface area contributed by atoms with Gasteiger partial charge in [-0.15, -0.1) is 0 Å². The first-order valence-corrected chi connectivity index (χ1v) is 13.8. The topological polar surface area (TPSA) is 139 Å². The van der Waals surface area contributed by atoms with Gasteiger partial charge in [0.2, 0.25) is 15.2 Å². The third-order valence-corrected chi connectivity index (χ3v) is 7.34. The summed E-state index contributed by atoms with van der Waals surface area (Å²) >= 11 is 0. The highest BCUT2D eigenvalue weighted by atomic mass is 31.2. The van der Waals surface area contributed by atoms with Crippen molar-refractivity contribution in [3.63, 3.8) is 0 Å². The molecule has 0 bridgehead atoms. The van der Waals surface area contributed by atoms with Crippen molar-refractivity contribution in [3.8, 4) is 0 Å². The van der Waals surface area contributed by atoms with Crippen LogP contribution in [0.25, 0.3) is 0 Å². The van der Waals surface area contributed by atoms with Gasteiger partial charge in [-0.1, -0.05) is 24.3 Å². The number of alkyl halides is 16. The summed E-state index contributed by atoms with van der Waals surface area (Å²) in [5, 5.41) is 0. The Kier molecular flexibility index (Phi) is 11.2. The van der Waals surface area contributed by atoms with Crippen LogP contribution < -0.4 is 9.79 Å². The molecule has 0 aliphatic rings. The van der Waals surface area contributed by atoms with Crippen molar-refractivity contribution >= 4 is 15.2 Å². The Morgan fingerprint density at radius 1 is 0.523 bits per heavy atom. The van der Waals surface area contributed by atoms with Gasteiger partial charge in [0.05, 0.1) is 13.2 Å². The van der Waals surface area contributed by atoms with Gasteiger partial charge in [-0.2, -0.15) is 70.2 Å². The van der Waals surface area contributed by atoms with Crippen LogP contribution in [0.5, 0.6) is 0 Å². The Morgan fingerprint density at radius 2 is 0.750 bits per heavy atom. The Hall–Kier alpha value is -1.68. The molecule has 0 spiro atoms. The van der Waals surface area contributed by atoms with E-state index in [1.54, 1.807) is 0 Å². The van der Waals surface area contributed by atoms with Gasteiger partial charge in [-0.3, -0.25) is 0 Å². The summed E-state index contributed by atoms with van der Waals surface area (Å²) in [7, 11) is -15.3. The van der Waals surface area contributed by atoms with Crippen LogP contribution in [0.2, 0.25) is 0 Å². The molecule has 258 valence electrons. The number of hydrogen-bond donors (Lipinski definition) is 2. The molecular formula is C18H14F16O8P2-2. The van der Waals surface area contributed by atoms with Crippen molar-refractivity contribution in [3.05, 3.63) is 35.4 Å². The second kappa shape index (κ2) is 12.2. The molecule has 1 aromatic carbocycles. The number of rotatable bonds is 16. The molecule has 0 saturated heterocycles. The highest BCUT2D eigenvalue weighted by Crippen LogP contribution is 2.65. The molecule has 0 radical (unpaired) electrons. The lowest BCUT2D eigenvalue weighted by Gasteiger charge is -2.39. The van der Waals surface area contributed by atoms with Crippen molar-refractivity contribution in [1.82, 2.24) is 0 Å². The predicted molar refractivity (Wildman–Crippen MR) is 105 cm³/mol. The Balaban J connectivity index is 2.87. The van der Waals surface area contributed by atoms with E-state index in [0.29, 0.717) is 0 Å². The van der Waals surface area contributed by atoms with Crippen molar-refractivity contribution in [2.45, 2.75) is 60.1 Å². The van der Waals surface area contributed by atoms with Gasteiger partial charge in [0.25, 0.3) is 0 Å². The van der Waals surface area contributed by atoms with Crippen molar-refractivity contribution in [2.24, 2.45) is 0 Å². The molecule has 0 fully saturated rings. The SMILES string of the molecule is O=P([O-])(O)C(F)(F)C(F)(F)C(F)(F)C(F)(F)OCCc1ccc(CCOC(F)(F)C(F)(F)C(F)(F)C(F)(F)P(=O)([O-])O)cc1. The predicted octanol–water partition coefficient (Wildman–Crippen LogP) is 4.81. The lowest BCUT2D eigenvalue weighted by molar-refractivity contribution is -0.421. The molecule has 0 aliphatic carbocycles. The van der Waals surface area contributed by atoms with Gasteiger partial charge >= 0.3 is 47.2 Å². The average Bonchev–Trinajstić information content (AvgIpc) is 2.82.